The first-order chi connectivity index (χ1) is 9.69. The lowest BCUT2D eigenvalue weighted by atomic mass is 9.95. The van der Waals surface area contributed by atoms with Crippen molar-refractivity contribution in [2.75, 3.05) is 19.8 Å². The highest BCUT2D eigenvalue weighted by atomic mass is 16.5. The Labute approximate surface area is 124 Å². The van der Waals surface area contributed by atoms with Crippen LogP contribution in [0, 0.1) is 13.8 Å². The van der Waals surface area contributed by atoms with Gasteiger partial charge in [0.1, 0.15) is 0 Å². The van der Waals surface area contributed by atoms with E-state index in [9.17, 15) is 0 Å². The standard InChI is InChI=1S/C18H31NO/c1-5-11-19-17(10-13-20-12-6-2)14-18-15(3)8-7-9-16(18)4/h7-9,17,19H,5-6,10-14H2,1-4H3. The zero-order chi connectivity index (χ0) is 14.8. The summed E-state index contributed by atoms with van der Waals surface area (Å²) in [6.45, 7) is 11.6. The maximum atomic E-state index is 5.65. The summed E-state index contributed by atoms with van der Waals surface area (Å²) in [4.78, 5) is 0. The molecule has 0 amide bonds. The van der Waals surface area contributed by atoms with E-state index in [2.05, 4.69) is 51.2 Å². The van der Waals surface area contributed by atoms with Gasteiger partial charge in [0.25, 0.3) is 0 Å². The third-order valence-electron chi connectivity index (χ3n) is 3.74. The summed E-state index contributed by atoms with van der Waals surface area (Å²) in [7, 11) is 0. The first kappa shape index (κ1) is 17.2. The molecule has 0 aliphatic carbocycles. The molecule has 20 heavy (non-hydrogen) atoms. The minimum absolute atomic E-state index is 0.520. The maximum absolute atomic E-state index is 5.65. The fraction of sp³-hybridized carbons (Fsp3) is 0.667. The van der Waals surface area contributed by atoms with Gasteiger partial charge in [-0.2, -0.15) is 0 Å². The Morgan fingerprint density at radius 3 is 2.35 bits per heavy atom. The molecule has 0 aliphatic rings. The van der Waals surface area contributed by atoms with Crippen molar-refractivity contribution in [2.24, 2.45) is 0 Å². The Morgan fingerprint density at radius 1 is 1.05 bits per heavy atom. The lowest BCUT2D eigenvalue weighted by molar-refractivity contribution is 0.124. The molecule has 2 nitrogen and oxygen atoms in total. The van der Waals surface area contributed by atoms with Gasteiger partial charge in [-0.15, -0.1) is 0 Å². The highest BCUT2D eigenvalue weighted by Gasteiger charge is 2.12. The van der Waals surface area contributed by atoms with Crippen LogP contribution in [-0.2, 0) is 11.2 Å². The molecule has 0 aromatic heterocycles. The molecule has 0 fully saturated rings. The van der Waals surface area contributed by atoms with Crippen molar-refractivity contribution in [3.05, 3.63) is 34.9 Å². The fourth-order valence-corrected chi connectivity index (χ4v) is 2.51. The fourth-order valence-electron chi connectivity index (χ4n) is 2.51. The minimum Gasteiger partial charge on any atom is -0.381 e. The molecule has 1 aromatic rings. The lowest BCUT2D eigenvalue weighted by Gasteiger charge is -2.21. The zero-order valence-electron chi connectivity index (χ0n) is 13.7. The Bertz CT molecular complexity index is 355. The molecule has 1 rings (SSSR count). The van der Waals surface area contributed by atoms with Crippen LogP contribution in [0.1, 0.15) is 49.8 Å². The van der Waals surface area contributed by atoms with Gasteiger partial charge >= 0.3 is 0 Å². The number of benzene rings is 1. The zero-order valence-corrected chi connectivity index (χ0v) is 13.7. The second kappa shape index (κ2) is 9.95. The van der Waals surface area contributed by atoms with E-state index < -0.39 is 0 Å². The molecule has 0 saturated carbocycles. The van der Waals surface area contributed by atoms with Gasteiger partial charge in [0.2, 0.25) is 0 Å². The molecule has 0 heterocycles. The van der Waals surface area contributed by atoms with Crippen molar-refractivity contribution < 1.29 is 4.74 Å². The Balaban J connectivity index is 2.58. The van der Waals surface area contributed by atoms with Crippen molar-refractivity contribution in [3.8, 4) is 0 Å². The molecule has 0 spiro atoms. The number of ether oxygens (including phenoxy) is 1. The van der Waals surface area contributed by atoms with Gasteiger partial charge in [0.15, 0.2) is 0 Å². The van der Waals surface area contributed by atoms with Crippen LogP contribution in [0.3, 0.4) is 0 Å². The van der Waals surface area contributed by atoms with Gasteiger partial charge in [-0.3, -0.25) is 0 Å². The highest BCUT2D eigenvalue weighted by molar-refractivity contribution is 5.34. The van der Waals surface area contributed by atoms with Crippen LogP contribution < -0.4 is 5.32 Å². The molecule has 0 aliphatic heterocycles. The van der Waals surface area contributed by atoms with E-state index in [-0.39, 0.29) is 0 Å². The molecular weight excluding hydrogens is 246 g/mol. The average molecular weight is 277 g/mol. The van der Waals surface area contributed by atoms with E-state index in [1.54, 1.807) is 0 Å². The number of nitrogens with one attached hydrogen (secondary N) is 1. The van der Waals surface area contributed by atoms with Crippen LogP contribution in [0.2, 0.25) is 0 Å². The highest BCUT2D eigenvalue weighted by Crippen LogP contribution is 2.16. The van der Waals surface area contributed by atoms with Gasteiger partial charge < -0.3 is 10.1 Å². The number of hydrogen-bond donors (Lipinski definition) is 1. The van der Waals surface area contributed by atoms with Crippen molar-refractivity contribution in [3.63, 3.8) is 0 Å². The SMILES string of the molecule is CCCNC(CCOCCC)Cc1c(C)cccc1C. The summed E-state index contributed by atoms with van der Waals surface area (Å²) in [5.74, 6) is 0. The maximum Gasteiger partial charge on any atom is 0.0480 e. The largest absolute Gasteiger partial charge is 0.381 e. The Morgan fingerprint density at radius 2 is 1.75 bits per heavy atom. The van der Waals surface area contributed by atoms with Crippen LogP contribution in [0.25, 0.3) is 0 Å². The molecular formula is C18H31NO. The summed E-state index contributed by atoms with van der Waals surface area (Å²) in [5.41, 5.74) is 4.31. The first-order valence-corrected chi connectivity index (χ1v) is 8.05. The van der Waals surface area contributed by atoms with E-state index in [4.69, 9.17) is 4.74 Å². The molecule has 1 atom stereocenters. The molecule has 2 heteroatoms. The van der Waals surface area contributed by atoms with Crippen LogP contribution >= 0.6 is 0 Å². The number of hydrogen-bond acceptors (Lipinski definition) is 2. The predicted octanol–water partition coefficient (Wildman–Crippen LogP) is 4.03. The van der Waals surface area contributed by atoms with Crippen molar-refractivity contribution in [1.82, 2.24) is 5.32 Å². The second-order valence-corrected chi connectivity index (χ2v) is 5.63. The number of rotatable bonds is 10. The summed E-state index contributed by atoms with van der Waals surface area (Å²) >= 11 is 0. The van der Waals surface area contributed by atoms with Crippen LogP contribution in [0.4, 0.5) is 0 Å². The van der Waals surface area contributed by atoms with Gasteiger partial charge in [-0.25, -0.2) is 0 Å². The topological polar surface area (TPSA) is 21.3 Å². The van der Waals surface area contributed by atoms with E-state index in [1.165, 1.54) is 23.1 Å². The van der Waals surface area contributed by atoms with E-state index >= 15 is 0 Å². The minimum atomic E-state index is 0.520. The summed E-state index contributed by atoms with van der Waals surface area (Å²) in [6.07, 6.45) is 4.48. The monoisotopic (exact) mass is 277 g/mol. The molecule has 1 N–H and O–H groups in total. The molecule has 0 bridgehead atoms. The lowest BCUT2D eigenvalue weighted by Crippen LogP contribution is -2.33. The van der Waals surface area contributed by atoms with E-state index in [0.29, 0.717) is 6.04 Å². The van der Waals surface area contributed by atoms with Gasteiger partial charge in [0.05, 0.1) is 0 Å². The van der Waals surface area contributed by atoms with Crippen LogP contribution in [0.15, 0.2) is 18.2 Å². The molecule has 1 unspecified atom stereocenters. The van der Waals surface area contributed by atoms with E-state index in [1.807, 2.05) is 0 Å². The van der Waals surface area contributed by atoms with Crippen LogP contribution in [-0.4, -0.2) is 25.8 Å². The quantitative estimate of drug-likeness (QED) is 0.652. The first-order valence-electron chi connectivity index (χ1n) is 8.05. The van der Waals surface area contributed by atoms with Gasteiger partial charge in [-0.05, 0) is 62.8 Å². The smallest absolute Gasteiger partial charge is 0.0480 e. The number of aryl methyl sites for hydroxylation is 2. The van der Waals surface area contributed by atoms with Crippen molar-refractivity contribution in [1.29, 1.82) is 0 Å². The third-order valence-corrected chi connectivity index (χ3v) is 3.74. The summed E-state index contributed by atoms with van der Waals surface area (Å²) < 4.78 is 5.65. The molecule has 0 saturated heterocycles. The Hall–Kier alpha value is -0.860. The van der Waals surface area contributed by atoms with E-state index in [0.717, 1.165) is 39.0 Å². The Kier molecular flexibility index (Phi) is 8.56. The summed E-state index contributed by atoms with van der Waals surface area (Å²) in [6, 6.07) is 7.10. The van der Waals surface area contributed by atoms with Crippen molar-refractivity contribution in [2.45, 2.75) is 59.4 Å². The predicted molar refractivity (Wildman–Crippen MR) is 87.4 cm³/mol. The summed E-state index contributed by atoms with van der Waals surface area (Å²) in [5, 5.41) is 3.67. The van der Waals surface area contributed by atoms with Crippen molar-refractivity contribution >= 4 is 0 Å². The third kappa shape index (κ3) is 6.06. The second-order valence-electron chi connectivity index (χ2n) is 5.63. The average Bonchev–Trinajstić information content (AvgIpc) is 2.44. The normalized spacial score (nSPS) is 12.6. The van der Waals surface area contributed by atoms with Gasteiger partial charge in [-0.1, -0.05) is 32.0 Å². The van der Waals surface area contributed by atoms with Gasteiger partial charge in [0, 0.05) is 19.3 Å². The molecule has 0 radical (unpaired) electrons. The molecule has 114 valence electrons. The van der Waals surface area contributed by atoms with Crippen LogP contribution in [0.5, 0.6) is 0 Å². The molecule has 1 aromatic carbocycles.